The minimum atomic E-state index is -0.119. The van der Waals surface area contributed by atoms with Crippen LogP contribution in [0.1, 0.15) is 28.4 Å². The van der Waals surface area contributed by atoms with Gasteiger partial charge in [-0.3, -0.25) is 14.4 Å². The number of nitrogens with one attached hydrogen (secondary N) is 1. The summed E-state index contributed by atoms with van der Waals surface area (Å²) >= 11 is 0. The summed E-state index contributed by atoms with van der Waals surface area (Å²) in [6.07, 6.45) is 0.967. The zero-order valence-electron chi connectivity index (χ0n) is 17.8. The second-order valence-corrected chi connectivity index (χ2v) is 8.22. The third-order valence-electron chi connectivity index (χ3n) is 6.23. The predicted octanol–water partition coefficient (Wildman–Crippen LogP) is 2.66. The third kappa shape index (κ3) is 4.16. The minimum Gasteiger partial charge on any atom is -0.494 e. The Morgan fingerprint density at radius 1 is 1.13 bits per heavy atom. The molecule has 1 N–H and O–H groups in total. The Balaban J connectivity index is 1.36. The summed E-state index contributed by atoms with van der Waals surface area (Å²) < 4.78 is 13.0. The van der Waals surface area contributed by atoms with Gasteiger partial charge < -0.3 is 14.8 Å². The number of methoxy groups -OCH3 is 1. The molecule has 1 aliphatic carbocycles. The van der Waals surface area contributed by atoms with Crippen LogP contribution in [0.25, 0.3) is 10.9 Å². The second-order valence-electron chi connectivity index (χ2n) is 8.22. The summed E-state index contributed by atoms with van der Waals surface area (Å²) in [5, 5.41) is 8.74. The van der Waals surface area contributed by atoms with Gasteiger partial charge in [-0.2, -0.15) is 5.10 Å². The van der Waals surface area contributed by atoms with Gasteiger partial charge in [-0.25, -0.2) is 0 Å². The summed E-state index contributed by atoms with van der Waals surface area (Å²) in [7, 11) is 1.66. The molecule has 1 saturated carbocycles. The van der Waals surface area contributed by atoms with E-state index in [-0.39, 0.29) is 11.9 Å². The lowest BCUT2D eigenvalue weighted by Crippen LogP contribution is -2.38. The standard InChI is InChI=1S/C24H28N4O3/c1-30-21-9-5-8-18-22(24(29)25-20-16-19(20)17-6-3-2-4-7-17)26-28(23(18)21)11-10-27-12-14-31-15-13-27/h2-9,19-20H,10-16H2,1H3,(H,25,29). The largest absolute Gasteiger partial charge is 0.494 e. The first-order chi connectivity index (χ1) is 15.2. The number of aromatic nitrogens is 2. The van der Waals surface area contributed by atoms with Crippen LogP contribution in [0.4, 0.5) is 0 Å². The zero-order valence-corrected chi connectivity index (χ0v) is 17.8. The maximum Gasteiger partial charge on any atom is 0.272 e. The van der Waals surface area contributed by atoms with Gasteiger partial charge in [0, 0.05) is 37.0 Å². The Morgan fingerprint density at radius 2 is 1.94 bits per heavy atom. The number of nitrogens with zero attached hydrogens (tertiary/aromatic N) is 3. The number of para-hydroxylation sites is 1. The van der Waals surface area contributed by atoms with E-state index in [4.69, 9.17) is 14.6 Å². The molecule has 7 heteroatoms. The minimum absolute atomic E-state index is 0.119. The molecule has 1 amide bonds. The number of amides is 1. The van der Waals surface area contributed by atoms with Gasteiger partial charge in [-0.05, 0) is 18.1 Å². The van der Waals surface area contributed by atoms with Gasteiger partial charge in [-0.1, -0.05) is 42.5 Å². The van der Waals surface area contributed by atoms with Crippen molar-refractivity contribution in [3.8, 4) is 5.75 Å². The molecule has 162 valence electrons. The van der Waals surface area contributed by atoms with Crippen molar-refractivity contribution in [3.05, 3.63) is 59.8 Å². The highest BCUT2D eigenvalue weighted by Gasteiger charge is 2.40. The topological polar surface area (TPSA) is 68.6 Å². The van der Waals surface area contributed by atoms with Crippen LogP contribution in [0.2, 0.25) is 0 Å². The Labute approximate surface area is 181 Å². The van der Waals surface area contributed by atoms with Crippen LogP contribution in [0, 0.1) is 0 Å². The SMILES string of the molecule is COc1cccc2c(C(=O)NC3CC3c3ccccc3)nn(CCN3CCOCC3)c12. The first-order valence-corrected chi connectivity index (χ1v) is 10.9. The number of carbonyl (C=O) groups is 1. The molecule has 2 fully saturated rings. The Kier molecular flexibility index (Phi) is 5.61. The van der Waals surface area contributed by atoms with E-state index < -0.39 is 0 Å². The van der Waals surface area contributed by atoms with Crippen LogP contribution < -0.4 is 10.1 Å². The van der Waals surface area contributed by atoms with Gasteiger partial charge in [0.25, 0.3) is 5.91 Å². The molecule has 0 radical (unpaired) electrons. The van der Waals surface area contributed by atoms with Gasteiger partial charge >= 0.3 is 0 Å². The molecule has 1 aromatic heterocycles. The number of hydrogen-bond donors (Lipinski definition) is 1. The lowest BCUT2D eigenvalue weighted by molar-refractivity contribution is 0.0361. The van der Waals surface area contributed by atoms with Crippen molar-refractivity contribution in [2.45, 2.75) is 24.9 Å². The van der Waals surface area contributed by atoms with Gasteiger partial charge in [0.2, 0.25) is 0 Å². The molecule has 2 atom stereocenters. The Morgan fingerprint density at radius 3 is 2.71 bits per heavy atom. The summed E-state index contributed by atoms with van der Waals surface area (Å²) in [6, 6.07) is 16.3. The van der Waals surface area contributed by atoms with E-state index in [2.05, 4.69) is 22.3 Å². The number of morpholine rings is 1. The summed E-state index contributed by atoms with van der Waals surface area (Å²) in [5.74, 6) is 1.00. The van der Waals surface area contributed by atoms with E-state index in [1.165, 1.54) is 5.56 Å². The molecule has 2 aliphatic rings. The maximum absolute atomic E-state index is 13.2. The normalized spacial score (nSPS) is 21.2. The molecule has 1 aliphatic heterocycles. The van der Waals surface area contributed by atoms with Gasteiger partial charge in [0.1, 0.15) is 11.3 Å². The Bertz CT molecular complexity index is 1060. The molecule has 1 saturated heterocycles. The zero-order chi connectivity index (χ0) is 21.2. The number of rotatable bonds is 7. The smallest absolute Gasteiger partial charge is 0.272 e. The fourth-order valence-corrected chi connectivity index (χ4v) is 4.42. The van der Waals surface area contributed by atoms with Crippen LogP contribution in [0.15, 0.2) is 48.5 Å². The molecule has 0 bridgehead atoms. The van der Waals surface area contributed by atoms with Crippen molar-refractivity contribution in [2.75, 3.05) is 40.0 Å². The first kappa shape index (κ1) is 20.0. The average molecular weight is 421 g/mol. The lowest BCUT2D eigenvalue weighted by atomic mass is 10.1. The molecule has 31 heavy (non-hydrogen) atoms. The van der Waals surface area contributed by atoms with Crippen molar-refractivity contribution in [1.82, 2.24) is 20.0 Å². The molecular weight excluding hydrogens is 392 g/mol. The van der Waals surface area contributed by atoms with E-state index in [0.717, 1.165) is 55.9 Å². The molecule has 5 rings (SSSR count). The molecular formula is C24H28N4O3. The van der Waals surface area contributed by atoms with Crippen LogP contribution in [-0.2, 0) is 11.3 Å². The van der Waals surface area contributed by atoms with Crippen molar-refractivity contribution in [1.29, 1.82) is 0 Å². The molecule has 3 aromatic rings. The van der Waals surface area contributed by atoms with Gasteiger partial charge in [-0.15, -0.1) is 0 Å². The number of fused-ring (bicyclic) bond motifs is 1. The first-order valence-electron chi connectivity index (χ1n) is 10.9. The number of ether oxygens (including phenoxy) is 2. The quantitative estimate of drug-likeness (QED) is 0.637. The fourth-order valence-electron chi connectivity index (χ4n) is 4.42. The molecule has 2 aromatic carbocycles. The van der Waals surface area contributed by atoms with Crippen LogP contribution in [-0.4, -0.2) is 66.6 Å². The highest BCUT2D eigenvalue weighted by Crippen LogP contribution is 2.41. The van der Waals surface area contributed by atoms with Crippen LogP contribution in [0.3, 0.4) is 0 Å². The molecule has 7 nitrogen and oxygen atoms in total. The molecule has 0 spiro atoms. The van der Waals surface area contributed by atoms with Gasteiger partial charge in [0.05, 0.1) is 26.9 Å². The van der Waals surface area contributed by atoms with Gasteiger partial charge in [0.15, 0.2) is 5.69 Å². The van der Waals surface area contributed by atoms with Crippen molar-refractivity contribution < 1.29 is 14.3 Å². The maximum atomic E-state index is 13.2. The van der Waals surface area contributed by atoms with E-state index in [0.29, 0.717) is 18.2 Å². The number of benzene rings is 2. The van der Waals surface area contributed by atoms with E-state index in [1.807, 2.05) is 41.1 Å². The highest BCUT2D eigenvalue weighted by molar-refractivity contribution is 6.06. The second kappa shape index (κ2) is 8.69. The van der Waals surface area contributed by atoms with Crippen LogP contribution in [0.5, 0.6) is 5.75 Å². The highest BCUT2D eigenvalue weighted by atomic mass is 16.5. The molecule has 2 unspecified atom stereocenters. The van der Waals surface area contributed by atoms with E-state index in [9.17, 15) is 4.79 Å². The van der Waals surface area contributed by atoms with Crippen LogP contribution >= 0.6 is 0 Å². The molecule has 2 heterocycles. The monoisotopic (exact) mass is 420 g/mol. The third-order valence-corrected chi connectivity index (χ3v) is 6.23. The van der Waals surface area contributed by atoms with E-state index >= 15 is 0 Å². The summed E-state index contributed by atoms with van der Waals surface area (Å²) in [5.41, 5.74) is 2.61. The number of hydrogen-bond acceptors (Lipinski definition) is 5. The van der Waals surface area contributed by atoms with Crippen molar-refractivity contribution in [3.63, 3.8) is 0 Å². The summed E-state index contributed by atoms with van der Waals surface area (Å²) in [4.78, 5) is 15.5. The fraction of sp³-hybridized carbons (Fsp3) is 0.417. The van der Waals surface area contributed by atoms with Crippen molar-refractivity contribution >= 4 is 16.8 Å². The summed E-state index contributed by atoms with van der Waals surface area (Å²) in [6.45, 7) is 4.93. The van der Waals surface area contributed by atoms with Crippen molar-refractivity contribution in [2.24, 2.45) is 0 Å². The lowest BCUT2D eigenvalue weighted by Gasteiger charge is -2.26. The predicted molar refractivity (Wildman–Crippen MR) is 119 cm³/mol. The van der Waals surface area contributed by atoms with E-state index in [1.54, 1.807) is 7.11 Å². The average Bonchev–Trinajstić information content (AvgIpc) is 3.48. The number of carbonyl (C=O) groups excluding carboxylic acids is 1. The Hall–Kier alpha value is -2.90.